The summed E-state index contributed by atoms with van der Waals surface area (Å²) in [5.41, 5.74) is 25.7. The van der Waals surface area contributed by atoms with E-state index < -0.39 is 0 Å². The van der Waals surface area contributed by atoms with Crippen molar-refractivity contribution >= 4 is 21.9 Å². The summed E-state index contributed by atoms with van der Waals surface area (Å²) in [5, 5.41) is 2.12. The minimum Gasteiger partial charge on any atom is -0.454 e. The molecule has 4 heterocycles. The molecule has 79 heavy (non-hydrogen) atoms. The zero-order valence-corrected chi connectivity index (χ0v) is 43.0. The molecule has 10 aromatic carbocycles. The first kappa shape index (κ1) is 46.9. The van der Waals surface area contributed by atoms with Gasteiger partial charge in [-0.05, 0) is 150 Å². The van der Waals surface area contributed by atoms with Gasteiger partial charge in [-0.1, -0.05) is 218 Å². The molecule has 0 aliphatic heterocycles. The number of pyridine rings is 3. The van der Waals surface area contributed by atoms with Gasteiger partial charge in [0.15, 0.2) is 5.58 Å². The lowest BCUT2D eigenvalue weighted by molar-refractivity contribution is 0.667. The molecule has 0 saturated heterocycles. The highest BCUT2D eigenvalue weighted by molar-refractivity contribution is 6.06. The van der Waals surface area contributed by atoms with Crippen molar-refractivity contribution in [3.63, 3.8) is 0 Å². The molecule has 0 N–H and O–H groups in total. The molecule has 0 spiro atoms. The van der Waals surface area contributed by atoms with E-state index in [1.807, 2.05) is 55.0 Å². The van der Waals surface area contributed by atoms with Crippen molar-refractivity contribution in [2.45, 2.75) is 0 Å². The third-order valence-corrected chi connectivity index (χ3v) is 15.1. The van der Waals surface area contributed by atoms with Crippen molar-refractivity contribution in [2.24, 2.45) is 0 Å². The van der Waals surface area contributed by atoms with E-state index in [-0.39, 0.29) is 0 Å². The first-order valence-electron chi connectivity index (χ1n) is 26.7. The second-order valence-corrected chi connectivity index (χ2v) is 19.9. The molecule has 370 valence electrons. The summed E-state index contributed by atoms with van der Waals surface area (Å²) in [6, 6.07) is 99.9. The Kier molecular flexibility index (Phi) is 12.2. The van der Waals surface area contributed by atoms with E-state index in [1.165, 1.54) is 11.1 Å². The average molecular weight is 1010 g/mol. The molecule has 0 aliphatic carbocycles. The van der Waals surface area contributed by atoms with Gasteiger partial charge in [-0.2, -0.15) is 0 Å². The van der Waals surface area contributed by atoms with E-state index in [4.69, 9.17) is 9.40 Å². The van der Waals surface area contributed by atoms with Crippen LogP contribution in [0.5, 0.6) is 0 Å². The van der Waals surface area contributed by atoms with Gasteiger partial charge < -0.3 is 4.42 Å². The third-order valence-electron chi connectivity index (χ3n) is 15.1. The number of furan rings is 1. The van der Waals surface area contributed by atoms with Gasteiger partial charge in [0.25, 0.3) is 0 Å². The average Bonchev–Trinajstić information content (AvgIpc) is 3.99. The number of aromatic nitrogens is 3. The molecule has 4 aromatic heterocycles. The Labute approximate surface area is 459 Å². The summed E-state index contributed by atoms with van der Waals surface area (Å²) in [4.78, 5) is 14.3. The van der Waals surface area contributed by atoms with Crippen LogP contribution in [0, 0.1) is 0 Å². The van der Waals surface area contributed by atoms with E-state index in [9.17, 15) is 0 Å². The van der Waals surface area contributed by atoms with Crippen LogP contribution in [0.15, 0.2) is 302 Å². The van der Waals surface area contributed by atoms with Crippen molar-refractivity contribution in [1.82, 2.24) is 15.0 Å². The van der Waals surface area contributed by atoms with Crippen LogP contribution in [0.25, 0.3) is 145 Å². The van der Waals surface area contributed by atoms with Crippen LogP contribution in [0.1, 0.15) is 0 Å². The van der Waals surface area contributed by atoms with E-state index in [0.717, 1.165) is 134 Å². The fraction of sp³-hybridized carbons (Fsp3) is 0. The molecule has 4 heteroatoms. The number of hydrogen-bond acceptors (Lipinski definition) is 4. The first-order valence-corrected chi connectivity index (χ1v) is 26.7. The Hall–Kier alpha value is -10.6. The molecule has 0 fully saturated rings. The molecular formula is C75H49N3O. The minimum atomic E-state index is 0.774. The van der Waals surface area contributed by atoms with Crippen molar-refractivity contribution in [3.05, 3.63) is 298 Å². The molecule has 0 aliphatic rings. The van der Waals surface area contributed by atoms with E-state index in [2.05, 4.69) is 253 Å². The second-order valence-electron chi connectivity index (χ2n) is 19.9. The van der Waals surface area contributed by atoms with Gasteiger partial charge in [0.05, 0.1) is 23.3 Å². The summed E-state index contributed by atoms with van der Waals surface area (Å²) in [7, 11) is 0. The van der Waals surface area contributed by atoms with Crippen molar-refractivity contribution in [2.75, 3.05) is 0 Å². The standard InChI is InChI=1S/C75H49N3O/c1-2-16-50(17-3-1)51-28-30-54(31-29-51)69-47-57(73-48-70-68-24-10-11-27-74(68)79-75(70)49-78-73)40-41-67(69)66-23-9-8-22-65(66)60-45-58(63-20-6-4-18-61(63)52-32-36-55(37-33-52)71-25-12-14-42-76-71)44-59(46-60)64-21-7-5-19-62(64)53-34-38-56(39-35-53)72-26-13-15-43-77-72/h1-49H. The Bertz CT molecular complexity index is 4350. The lowest BCUT2D eigenvalue weighted by atomic mass is 9.84. The molecular weight excluding hydrogens is 959 g/mol. The summed E-state index contributed by atoms with van der Waals surface area (Å²) in [5.74, 6) is 0. The van der Waals surface area contributed by atoms with Crippen LogP contribution >= 0.6 is 0 Å². The monoisotopic (exact) mass is 1010 g/mol. The highest BCUT2D eigenvalue weighted by atomic mass is 16.3. The molecule has 0 unspecified atom stereocenters. The highest BCUT2D eigenvalue weighted by Gasteiger charge is 2.20. The zero-order chi connectivity index (χ0) is 52.5. The Balaban J connectivity index is 0.945. The molecule has 0 saturated carbocycles. The lowest BCUT2D eigenvalue weighted by Gasteiger charge is -2.19. The molecule has 4 nitrogen and oxygen atoms in total. The van der Waals surface area contributed by atoms with E-state index >= 15 is 0 Å². The fourth-order valence-corrected chi connectivity index (χ4v) is 11.2. The number of nitrogens with zero attached hydrogens (tertiary/aromatic N) is 3. The number of fused-ring (bicyclic) bond motifs is 3. The van der Waals surface area contributed by atoms with Gasteiger partial charge in [0.2, 0.25) is 0 Å². The Morgan fingerprint density at radius 1 is 0.203 bits per heavy atom. The normalized spacial score (nSPS) is 11.3. The summed E-state index contributed by atoms with van der Waals surface area (Å²) in [6.45, 7) is 0. The molecule has 0 atom stereocenters. The maximum atomic E-state index is 6.22. The van der Waals surface area contributed by atoms with Gasteiger partial charge in [0.1, 0.15) is 5.58 Å². The molecule has 0 bridgehead atoms. The maximum absolute atomic E-state index is 6.22. The van der Waals surface area contributed by atoms with Gasteiger partial charge in [-0.25, -0.2) is 0 Å². The van der Waals surface area contributed by atoms with Crippen LogP contribution in [0.4, 0.5) is 0 Å². The molecule has 0 amide bonds. The maximum Gasteiger partial charge on any atom is 0.153 e. The number of para-hydroxylation sites is 1. The molecule has 14 rings (SSSR count). The zero-order valence-electron chi connectivity index (χ0n) is 43.0. The predicted molar refractivity (Wildman–Crippen MR) is 327 cm³/mol. The summed E-state index contributed by atoms with van der Waals surface area (Å²) in [6.07, 6.45) is 5.55. The largest absolute Gasteiger partial charge is 0.454 e. The van der Waals surface area contributed by atoms with Gasteiger partial charge in [-0.3, -0.25) is 15.0 Å². The highest BCUT2D eigenvalue weighted by Crippen LogP contribution is 2.45. The van der Waals surface area contributed by atoms with Crippen LogP contribution in [0.2, 0.25) is 0 Å². The fourth-order valence-electron chi connectivity index (χ4n) is 11.2. The summed E-state index contributed by atoms with van der Waals surface area (Å²) >= 11 is 0. The molecule has 14 aromatic rings. The predicted octanol–water partition coefficient (Wildman–Crippen LogP) is 20.1. The van der Waals surface area contributed by atoms with E-state index in [0.29, 0.717) is 0 Å². The Morgan fingerprint density at radius 3 is 1.15 bits per heavy atom. The van der Waals surface area contributed by atoms with Crippen molar-refractivity contribution in [1.29, 1.82) is 0 Å². The van der Waals surface area contributed by atoms with Gasteiger partial charge >= 0.3 is 0 Å². The molecule has 0 radical (unpaired) electrons. The topological polar surface area (TPSA) is 51.8 Å². The number of rotatable bonds is 11. The number of hydrogen-bond donors (Lipinski definition) is 0. The lowest BCUT2D eigenvalue weighted by Crippen LogP contribution is -1.94. The van der Waals surface area contributed by atoms with Crippen molar-refractivity contribution in [3.8, 4) is 123 Å². The second kappa shape index (κ2) is 20.5. The SMILES string of the molecule is c1ccc(-c2ccc(-c3cc(-c4cc5c(cn4)oc4ccccc45)ccc3-c3ccccc3-c3cc(-c4ccccc4-c4ccc(-c5ccccn5)cc4)cc(-c4ccccc4-c4ccc(-c5ccccn5)cc4)c3)cc2)cc1. The van der Waals surface area contributed by atoms with Gasteiger partial charge in [0, 0.05) is 39.9 Å². The smallest absolute Gasteiger partial charge is 0.153 e. The van der Waals surface area contributed by atoms with E-state index in [1.54, 1.807) is 0 Å². The third kappa shape index (κ3) is 9.18. The van der Waals surface area contributed by atoms with Crippen LogP contribution in [0.3, 0.4) is 0 Å². The minimum absolute atomic E-state index is 0.774. The van der Waals surface area contributed by atoms with Crippen LogP contribution in [-0.4, -0.2) is 15.0 Å². The van der Waals surface area contributed by atoms with Crippen molar-refractivity contribution < 1.29 is 4.42 Å². The van der Waals surface area contributed by atoms with Gasteiger partial charge in [-0.15, -0.1) is 0 Å². The Morgan fingerprint density at radius 2 is 0.608 bits per heavy atom. The first-order chi connectivity index (χ1) is 39.1. The van der Waals surface area contributed by atoms with Crippen LogP contribution in [-0.2, 0) is 0 Å². The number of benzene rings is 10. The quantitative estimate of drug-likeness (QED) is 0.130. The summed E-state index contributed by atoms with van der Waals surface area (Å²) < 4.78 is 6.22. The van der Waals surface area contributed by atoms with Crippen LogP contribution < -0.4 is 0 Å².